The van der Waals surface area contributed by atoms with Gasteiger partial charge in [-0.2, -0.15) is 0 Å². The van der Waals surface area contributed by atoms with Crippen molar-refractivity contribution in [1.29, 1.82) is 0 Å². The molecule has 0 radical (unpaired) electrons. The van der Waals surface area contributed by atoms with Crippen LogP contribution in [0.25, 0.3) is 0 Å². The average molecular weight is 224 g/mol. The van der Waals surface area contributed by atoms with Crippen molar-refractivity contribution in [3.05, 3.63) is 0 Å². The van der Waals surface area contributed by atoms with Gasteiger partial charge in [0.1, 0.15) is 0 Å². The lowest BCUT2D eigenvalue weighted by atomic mass is 9.93. The minimum atomic E-state index is 0.295. The van der Waals surface area contributed by atoms with Crippen LogP contribution >= 0.6 is 0 Å². The second kappa shape index (κ2) is 3.97. The molecule has 3 heteroatoms. The number of hydrogen-bond acceptors (Lipinski definition) is 3. The van der Waals surface area contributed by atoms with Crippen LogP contribution in [0.4, 0.5) is 0 Å². The molecule has 1 N–H and O–H groups in total. The quantitative estimate of drug-likeness (QED) is 0.764. The number of hydrogen-bond donors (Lipinski definition) is 1. The molecular formula is C13H24N2O. The molecule has 0 aromatic rings. The maximum atomic E-state index is 5.55. The topological polar surface area (TPSA) is 24.5 Å². The Labute approximate surface area is 98.5 Å². The highest BCUT2D eigenvalue weighted by molar-refractivity contribution is 5.00. The number of nitrogens with zero attached hydrogens (tertiary/aromatic N) is 1. The molecule has 1 aliphatic carbocycles. The summed E-state index contributed by atoms with van der Waals surface area (Å²) in [7, 11) is 0. The highest BCUT2D eigenvalue weighted by atomic mass is 16.5. The lowest BCUT2D eigenvalue weighted by Crippen LogP contribution is -2.65. The van der Waals surface area contributed by atoms with Crippen LogP contribution in [-0.4, -0.2) is 48.8 Å². The van der Waals surface area contributed by atoms with Gasteiger partial charge in [0.25, 0.3) is 0 Å². The molecule has 2 atom stereocenters. The molecule has 3 aliphatic rings. The zero-order chi connectivity index (χ0) is 11.2. The third-order valence-corrected chi connectivity index (χ3v) is 4.51. The Bertz CT molecular complexity index is 257. The number of piperazine rings is 1. The Hall–Kier alpha value is -0.120. The van der Waals surface area contributed by atoms with Crippen LogP contribution in [0.2, 0.25) is 0 Å². The SMILES string of the molecule is CC1(C)CNC(C2CC2)CN1C1CCOC1. The first-order valence-corrected chi connectivity index (χ1v) is 6.75. The van der Waals surface area contributed by atoms with Gasteiger partial charge in [-0.1, -0.05) is 0 Å². The van der Waals surface area contributed by atoms with E-state index in [1.54, 1.807) is 0 Å². The Morgan fingerprint density at radius 1 is 1.25 bits per heavy atom. The summed E-state index contributed by atoms with van der Waals surface area (Å²) in [6, 6.07) is 1.41. The Morgan fingerprint density at radius 2 is 2.06 bits per heavy atom. The van der Waals surface area contributed by atoms with Crippen molar-refractivity contribution >= 4 is 0 Å². The fourth-order valence-electron chi connectivity index (χ4n) is 3.23. The van der Waals surface area contributed by atoms with Gasteiger partial charge in [-0.3, -0.25) is 4.90 Å². The zero-order valence-corrected chi connectivity index (χ0v) is 10.5. The summed E-state index contributed by atoms with van der Waals surface area (Å²) >= 11 is 0. The van der Waals surface area contributed by atoms with E-state index in [2.05, 4.69) is 24.1 Å². The second-order valence-corrected chi connectivity index (χ2v) is 6.31. The summed E-state index contributed by atoms with van der Waals surface area (Å²) in [5.41, 5.74) is 0.295. The van der Waals surface area contributed by atoms with Crippen molar-refractivity contribution in [3.8, 4) is 0 Å². The van der Waals surface area contributed by atoms with Crippen LogP contribution in [0.5, 0.6) is 0 Å². The Morgan fingerprint density at radius 3 is 2.69 bits per heavy atom. The molecular weight excluding hydrogens is 200 g/mol. The Balaban J connectivity index is 1.70. The summed E-state index contributed by atoms with van der Waals surface area (Å²) in [5.74, 6) is 0.959. The molecule has 0 spiro atoms. The highest BCUT2D eigenvalue weighted by Gasteiger charge is 2.43. The summed E-state index contributed by atoms with van der Waals surface area (Å²) in [4.78, 5) is 2.71. The monoisotopic (exact) mass is 224 g/mol. The third-order valence-electron chi connectivity index (χ3n) is 4.51. The van der Waals surface area contributed by atoms with E-state index in [0.717, 1.165) is 31.7 Å². The van der Waals surface area contributed by atoms with Crippen LogP contribution < -0.4 is 5.32 Å². The highest BCUT2D eigenvalue weighted by Crippen LogP contribution is 2.36. The minimum absolute atomic E-state index is 0.295. The van der Waals surface area contributed by atoms with Crippen LogP contribution in [-0.2, 0) is 4.74 Å². The van der Waals surface area contributed by atoms with Gasteiger partial charge >= 0.3 is 0 Å². The molecule has 2 aliphatic heterocycles. The van der Waals surface area contributed by atoms with Crippen molar-refractivity contribution in [2.24, 2.45) is 5.92 Å². The first kappa shape index (κ1) is 11.0. The molecule has 2 heterocycles. The fraction of sp³-hybridized carbons (Fsp3) is 1.00. The van der Waals surface area contributed by atoms with Gasteiger partial charge in [0.15, 0.2) is 0 Å². The number of nitrogens with one attached hydrogen (secondary N) is 1. The molecule has 1 saturated carbocycles. The van der Waals surface area contributed by atoms with E-state index < -0.39 is 0 Å². The summed E-state index contributed by atoms with van der Waals surface area (Å²) in [6.45, 7) is 8.98. The smallest absolute Gasteiger partial charge is 0.0622 e. The van der Waals surface area contributed by atoms with Crippen LogP contribution in [0.15, 0.2) is 0 Å². The van der Waals surface area contributed by atoms with E-state index in [1.807, 2.05) is 0 Å². The lowest BCUT2D eigenvalue weighted by Gasteiger charge is -2.49. The van der Waals surface area contributed by atoms with Gasteiger partial charge < -0.3 is 10.1 Å². The molecule has 3 nitrogen and oxygen atoms in total. The van der Waals surface area contributed by atoms with Gasteiger partial charge in [-0.15, -0.1) is 0 Å². The average Bonchev–Trinajstić information content (AvgIpc) is 2.94. The largest absolute Gasteiger partial charge is 0.380 e. The molecule has 0 amide bonds. The summed E-state index contributed by atoms with van der Waals surface area (Å²) < 4.78 is 5.55. The second-order valence-electron chi connectivity index (χ2n) is 6.31. The van der Waals surface area contributed by atoms with Gasteiger partial charge in [-0.25, -0.2) is 0 Å². The first-order chi connectivity index (χ1) is 7.67. The van der Waals surface area contributed by atoms with E-state index in [-0.39, 0.29) is 0 Å². The van der Waals surface area contributed by atoms with Crippen molar-refractivity contribution in [2.45, 2.75) is 50.7 Å². The molecule has 0 aromatic heterocycles. The van der Waals surface area contributed by atoms with Crippen LogP contribution in [0, 0.1) is 5.92 Å². The molecule has 3 rings (SSSR count). The van der Waals surface area contributed by atoms with Gasteiger partial charge in [0.05, 0.1) is 6.61 Å². The van der Waals surface area contributed by atoms with E-state index >= 15 is 0 Å². The standard InChI is InChI=1S/C13H24N2O/c1-13(2)9-14-12(10-3-4-10)7-15(13)11-5-6-16-8-11/h10-12,14H,3-9H2,1-2H3. The van der Waals surface area contributed by atoms with Crippen molar-refractivity contribution in [2.75, 3.05) is 26.3 Å². The molecule has 92 valence electrons. The maximum absolute atomic E-state index is 5.55. The molecule has 16 heavy (non-hydrogen) atoms. The molecule has 3 fully saturated rings. The van der Waals surface area contributed by atoms with Crippen LogP contribution in [0.1, 0.15) is 33.1 Å². The lowest BCUT2D eigenvalue weighted by molar-refractivity contribution is 0.0161. The Kier molecular flexibility index (Phi) is 2.73. The predicted molar refractivity (Wildman–Crippen MR) is 64.5 cm³/mol. The van der Waals surface area contributed by atoms with Crippen molar-refractivity contribution in [3.63, 3.8) is 0 Å². The molecule has 2 saturated heterocycles. The molecule has 2 unspecified atom stereocenters. The van der Waals surface area contributed by atoms with Gasteiger partial charge in [0.2, 0.25) is 0 Å². The van der Waals surface area contributed by atoms with Gasteiger partial charge in [0, 0.05) is 37.3 Å². The van der Waals surface area contributed by atoms with Crippen molar-refractivity contribution in [1.82, 2.24) is 10.2 Å². The molecule has 0 bridgehead atoms. The number of rotatable bonds is 2. The summed E-state index contributed by atoms with van der Waals surface area (Å²) in [6.07, 6.45) is 4.10. The summed E-state index contributed by atoms with van der Waals surface area (Å²) in [5, 5.41) is 3.74. The van der Waals surface area contributed by atoms with E-state index in [9.17, 15) is 0 Å². The first-order valence-electron chi connectivity index (χ1n) is 6.75. The minimum Gasteiger partial charge on any atom is -0.380 e. The molecule has 0 aromatic carbocycles. The third kappa shape index (κ3) is 2.01. The number of ether oxygens (including phenoxy) is 1. The fourth-order valence-corrected chi connectivity index (χ4v) is 3.23. The van der Waals surface area contributed by atoms with E-state index in [4.69, 9.17) is 4.74 Å². The van der Waals surface area contributed by atoms with Crippen molar-refractivity contribution < 1.29 is 4.74 Å². The van der Waals surface area contributed by atoms with Crippen LogP contribution in [0.3, 0.4) is 0 Å². The van der Waals surface area contributed by atoms with Gasteiger partial charge in [-0.05, 0) is 39.0 Å². The van der Waals surface area contributed by atoms with E-state index in [0.29, 0.717) is 11.6 Å². The maximum Gasteiger partial charge on any atom is 0.0622 e. The predicted octanol–water partition coefficient (Wildman–Crippen LogP) is 1.24. The zero-order valence-electron chi connectivity index (χ0n) is 10.5. The normalized spacial score (nSPS) is 40.1. The van der Waals surface area contributed by atoms with E-state index in [1.165, 1.54) is 25.8 Å².